The normalized spacial score (nSPS) is 11.5. The maximum atomic E-state index is 4.64. The molecule has 0 atom stereocenters. The van der Waals surface area contributed by atoms with Gasteiger partial charge in [0.15, 0.2) is 0 Å². The molecule has 0 unspecified atom stereocenters. The van der Waals surface area contributed by atoms with Gasteiger partial charge in [-0.2, -0.15) is 0 Å². The number of benzene rings is 2. The van der Waals surface area contributed by atoms with Crippen LogP contribution in [0.2, 0.25) is 0 Å². The van der Waals surface area contributed by atoms with Gasteiger partial charge < -0.3 is 0 Å². The topological polar surface area (TPSA) is 25.8 Å². The van der Waals surface area contributed by atoms with Gasteiger partial charge in [-0.25, -0.2) is 0 Å². The number of fused-ring (bicyclic) bond motifs is 5. The van der Waals surface area contributed by atoms with Crippen LogP contribution in [0.3, 0.4) is 0 Å². The van der Waals surface area contributed by atoms with Crippen molar-refractivity contribution in [1.82, 2.24) is 9.97 Å². The molecule has 0 bridgehead atoms. The van der Waals surface area contributed by atoms with E-state index < -0.39 is 0 Å². The third kappa shape index (κ3) is 1.87. The van der Waals surface area contributed by atoms with Crippen molar-refractivity contribution in [2.45, 2.75) is 0 Å². The molecule has 0 aliphatic carbocycles. The van der Waals surface area contributed by atoms with Crippen LogP contribution in [0, 0.1) is 0 Å². The molecular weight excluding hydrogens is 300 g/mol. The summed E-state index contributed by atoms with van der Waals surface area (Å²) in [5.74, 6) is 0. The van der Waals surface area contributed by atoms with Crippen LogP contribution in [-0.4, -0.2) is 9.97 Å². The number of aromatic nitrogens is 2. The molecule has 5 rings (SSSR count). The number of hydrogen-bond donors (Lipinski definition) is 0. The molecule has 0 N–H and O–H groups in total. The Labute approximate surface area is 137 Å². The number of pyridine rings is 2. The van der Waals surface area contributed by atoms with Crippen molar-refractivity contribution in [1.29, 1.82) is 0 Å². The van der Waals surface area contributed by atoms with Crippen LogP contribution in [0.5, 0.6) is 0 Å². The predicted molar refractivity (Wildman–Crippen MR) is 97.9 cm³/mol. The lowest BCUT2D eigenvalue weighted by atomic mass is 10.1. The van der Waals surface area contributed by atoms with Crippen molar-refractivity contribution in [3.63, 3.8) is 0 Å². The average Bonchev–Trinajstić information content (AvgIpc) is 3.01. The molecule has 0 aliphatic rings. The lowest BCUT2D eigenvalue weighted by molar-refractivity contribution is 1.37. The first-order chi connectivity index (χ1) is 11.4. The van der Waals surface area contributed by atoms with E-state index in [1.807, 2.05) is 24.5 Å². The minimum atomic E-state index is 1.05. The molecule has 23 heavy (non-hydrogen) atoms. The maximum Gasteiger partial charge on any atom is 0.0880 e. The second-order valence-corrected chi connectivity index (χ2v) is 6.57. The highest BCUT2D eigenvalue weighted by molar-refractivity contribution is 7.26. The molecule has 3 heteroatoms. The molecule has 3 heterocycles. The highest BCUT2D eigenvalue weighted by Gasteiger charge is 2.13. The molecule has 3 aromatic heterocycles. The van der Waals surface area contributed by atoms with Crippen molar-refractivity contribution < 1.29 is 0 Å². The lowest BCUT2D eigenvalue weighted by Crippen LogP contribution is -1.83. The molecule has 0 amide bonds. The third-order valence-electron chi connectivity index (χ3n) is 4.17. The van der Waals surface area contributed by atoms with Crippen molar-refractivity contribution in [2.75, 3.05) is 0 Å². The summed E-state index contributed by atoms with van der Waals surface area (Å²) in [6.07, 6.45) is 3.77. The zero-order chi connectivity index (χ0) is 15.2. The molecule has 2 aromatic carbocycles. The lowest BCUT2D eigenvalue weighted by Gasteiger charge is -2.02. The maximum absolute atomic E-state index is 4.64. The fraction of sp³-hybridized carbons (Fsp3) is 0. The van der Waals surface area contributed by atoms with Crippen molar-refractivity contribution in [3.05, 3.63) is 73.1 Å². The summed E-state index contributed by atoms with van der Waals surface area (Å²) >= 11 is 1.80. The molecule has 108 valence electrons. The predicted octanol–water partition coefficient (Wildman–Crippen LogP) is 5.66. The van der Waals surface area contributed by atoms with E-state index in [0.717, 1.165) is 16.8 Å². The SMILES string of the molecule is c1ccc(-c2nccc3c2sc2ccc4cccnc4c23)cc1. The van der Waals surface area contributed by atoms with Gasteiger partial charge in [0.2, 0.25) is 0 Å². The van der Waals surface area contributed by atoms with E-state index in [9.17, 15) is 0 Å². The van der Waals surface area contributed by atoms with Crippen LogP contribution in [0.15, 0.2) is 73.1 Å². The smallest absolute Gasteiger partial charge is 0.0880 e. The van der Waals surface area contributed by atoms with Gasteiger partial charge in [0, 0.05) is 38.8 Å². The third-order valence-corrected chi connectivity index (χ3v) is 5.35. The van der Waals surface area contributed by atoms with E-state index in [4.69, 9.17) is 0 Å². The van der Waals surface area contributed by atoms with Crippen LogP contribution >= 0.6 is 11.3 Å². The average molecular weight is 312 g/mol. The molecule has 0 aliphatic heterocycles. The van der Waals surface area contributed by atoms with E-state index >= 15 is 0 Å². The van der Waals surface area contributed by atoms with Crippen LogP contribution in [0.25, 0.3) is 42.3 Å². The van der Waals surface area contributed by atoms with E-state index in [-0.39, 0.29) is 0 Å². The first-order valence-electron chi connectivity index (χ1n) is 7.52. The summed E-state index contributed by atoms with van der Waals surface area (Å²) in [6, 6.07) is 20.9. The summed E-state index contributed by atoms with van der Waals surface area (Å²) in [6.45, 7) is 0. The minimum absolute atomic E-state index is 1.05. The number of nitrogens with zero attached hydrogens (tertiary/aromatic N) is 2. The summed E-state index contributed by atoms with van der Waals surface area (Å²) in [5, 5.41) is 3.66. The standard InChI is InChI=1S/C20H12N2S/c1-2-5-13(6-3-1)19-20-15(10-12-22-19)17-16(23-20)9-8-14-7-4-11-21-18(14)17/h1-12H. The molecule has 0 fully saturated rings. The molecule has 5 aromatic rings. The highest BCUT2D eigenvalue weighted by Crippen LogP contribution is 2.41. The fourth-order valence-corrected chi connectivity index (χ4v) is 4.34. The van der Waals surface area contributed by atoms with Crippen LogP contribution in [-0.2, 0) is 0 Å². The minimum Gasteiger partial charge on any atom is -0.256 e. The van der Waals surface area contributed by atoms with Gasteiger partial charge >= 0.3 is 0 Å². The number of hydrogen-bond acceptors (Lipinski definition) is 3. The highest BCUT2D eigenvalue weighted by atomic mass is 32.1. The van der Waals surface area contributed by atoms with Crippen molar-refractivity contribution in [3.8, 4) is 11.3 Å². The van der Waals surface area contributed by atoms with Gasteiger partial charge in [-0.15, -0.1) is 11.3 Å². The number of rotatable bonds is 1. The molecule has 0 saturated heterocycles. The van der Waals surface area contributed by atoms with Gasteiger partial charge in [0.05, 0.1) is 15.9 Å². The Morgan fingerprint density at radius 3 is 2.57 bits per heavy atom. The Kier molecular flexibility index (Phi) is 2.69. The van der Waals surface area contributed by atoms with E-state index in [0.29, 0.717) is 0 Å². The summed E-state index contributed by atoms with van der Waals surface area (Å²) in [4.78, 5) is 9.26. The second-order valence-electron chi connectivity index (χ2n) is 5.52. The van der Waals surface area contributed by atoms with Crippen LogP contribution in [0.4, 0.5) is 0 Å². The van der Waals surface area contributed by atoms with Gasteiger partial charge in [0.25, 0.3) is 0 Å². The Balaban J connectivity index is 1.96. The van der Waals surface area contributed by atoms with Crippen LogP contribution in [0.1, 0.15) is 0 Å². The molecule has 0 radical (unpaired) electrons. The largest absolute Gasteiger partial charge is 0.256 e. The number of thiophene rings is 1. The zero-order valence-corrected chi connectivity index (χ0v) is 13.0. The zero-order valence-electron chi connectivity index (χ0n) is 12.2. The van der Waals surface area contributed by atoms with Crippen molar-refractivity contribution in [2.24, 2.45) is 0 Å². The van der Waals surface area contributed by atoms with Gasteiger partial charge in [0.1, 0.15) is 0 Å². The Bertz CT molecular complexity index is 1160. The first kappa shape index (κ1) is 12.7. The molecule has 0 spiro atoms. The van der Waals surface area contributed by atoms with Crippen LogP contribution < -0.4 is 0 Å². The van der Waals surface area contributed by atoms with Gasteiger partial charge in [-0.3, -0.25) is 9.97 Å². The van der Waals surface area contributed by atoms with E-state index in [1.165, 1.54) is 25.6 Å². The molecule has 2 nitrogen and oxygen atoms in total. The Hall–Kier alpha value is -2.78. The molecular formula is C20H12N2S. The Morgan fingerprint density at radius 1 is 0.739 bits per heavy atom. The molecule has 0 saturated carbocycles. The van der Waals surface area contributed by atoms with Gasteiger partial charge in [-0.1, -0.05) is 42.5 Å². The quantitative estimate of drug-likeness (QED) is 0.399. The van der Waals surface area contributed by atoms with Gasteiger partial charge in [-0.05, 0) is 18.2 Å². The Morgan fingerprint density at radius 2 is 1.65 bits per heavy atom. The summed E-state index contributed by atoms with van der Waals surface area (Å²) < 4.78 is 2.49. The van der Waals surface area contributed by atoms with E-state index in [2.05, 4.69) is 58.5 Å². The fourth-order valence-electron chi connectivity index (χ4n) is 3.13. The van der Waals surface area contributed by atoms with Crippen molar-refractivity contribution >= 4 is 42.4 Å². The summed E-state index contributed by atoms with van der Waals surface area (Å²) in [7, 11) is 0. The second kappa shape index (κ2) is 4.86. The monoisotopic (exact) mass is 312 g/mol. The summed E-state index contributed by atoms with van der Waals surface area (Å²) in [5.41, 5.74) is 3.27. The first-order valence-corrected chi connectivity index (χ1v) is 8.34. The van der Waals surface area contributed by atoms with E-state index in [1.54, 1.807) is 11.3 Å².